The van der Waals surface area contributed by atoms with Gasteiger partial charge >= 0.3 is 0 Å². The molecule has 0 unspecified atom stereocenters. The molecule has 0 spiro atoms. The van der Waals surface area contributed by atoms with E-state index in [2.05, 4.69) is 5.32 Å². The molecule has 1 fully saturated rings. The van der Waals surface area contributed by atoms with Gasteiger partial charge in [0.25, 0.3) is 11.6 Å². The van der Waals surface area contributed by atoms with E-state index < -0.39 is 22.5 Å². The van der Waals surface area contributed by atoms with Crippen molar-refractivity contribution in [3.63, 3.8) is 0 Å². The van der Waals surface area contributed by atoms with E-state index in [9.17, 15) is 33.3 Å². The average molecular weight is 563 g/mol. The second kappa shape index (κ2) is 13.0. The number of non-ortho nitro benzene ring substituents is 1. The number of nitro benzene ring substituents is 1. The summed E-state index contributed by atoms with van der Waals surface area (Å²) in [4.78, 5) is 50.5. The summed E-state index contributed by atoms with van der Waals surface area (Å²) in [5.41, 5.74) is 1.46. The molecule has 1 heterocycles. The number of hydrogen-bond donors (Lipinski definition) is 1. The molecule has 1 aliphatic heterocycles. The highest BCUT2D eigenvalue weighted by Gasteiger charge is 2.27. The minimum Gasteiger partial charge on any atom is -0.366 e. The summed E-state index contributed by atoms with van der Waals surface area (Å²) in [5.74, 6) is -0.611. The van der Waals surface area contributed by atoms with Crippen molar-refractivity contribution in [2.45, 2.75) is 32.1 Å². The Kier molecular flexibility index (Phi) is 9.21. The molecule has 3 aromatic rings. The van der Waals surface area contributed by atoms with Crippen LogP contribution in [0.1, 0.15) is 48.0 Å². The fraction of sp³-hybridized carbons (Fsp3) is 0.267. The number of nitrogens with zero attached hydrogens (tertiary/aromatic N) is 3. The molecule has 11 heteroatoms. The molecule has 212 valence electrons. The number of piperidine rings is 1. The molecule has 1 saturated heterocycles. The Morgan fingerprint density at radius 3 is 2.46 bits per heavy atom. The number of benzene rings is 3. The van der Waals surface area contributed by atoms with Gasteiger partial charge in [-0.05, 0) is 48.6 Å². The maximum atomic E-state index is 14.8. The van der Waals surface area contributed by atoms with Gasteiger partial charge < -0.3 is 15.1 Å². The molecule has 3 aromatic carbocycles. The third kappa shape index (κ3) is 7.01. The molecule has 0 bridgehead atoms. The summed E-state index contributed by atoms with van der Waals surface area (Å²) in [7, 11) is 0. The van der Waals surface area contributed by atoms with Crippen LogP contribution in [-0.2, 0) is 9.59 Å². The molecular weight excluding hydrogens is 534 g/mol. The van der Waals surface area contributed by atoms with E-state index in [0.29, 0.717) is 32.0 Å². The average Bonchev–Trinajstić information content (AvgIpc) is 2.96. The van der Waals surface area contributed by atoms with E-state index in [1.54, 1.807) is 0 Å². The zero-order valence-electron chi connectivity index (χ0n) is 22.3. The van der Waals surface area contributed by atoms with Gasteiger partial charge in [-0.2, -0.15) is 0 Å². The van der Waals surface area contributed by atoms with E-state index in [0.717, 1.165) is 34.3 Å². The third-order valence-electron chi connectivity index (χ3n) is 7.03. The van der Waals surface area contributed by atoms with Crippen molar-refractivity contribution in [1.29, 1.82) is 0 Å². The molecule has 0 radical (unpaired) electrons. The normalized spacial score (nSPS) is 13.3. The predicted octanol–water partition coefficient (Wildman–Crippen LogP) is 5.46. The van der Waals surface area contributed by atoms with Crippen molar-refractivity contribution in [3.05, 3.63) is 105 Å². The lowest BCUT2D eigenvalue weighted by molar-refractivity contribution is -0.384. The number of amides is 2. The summed E-state index contributed by atoms with van der Waals surface area (Å²) in [6.45, 7) is 2.34. The van der Waals surface area contributed by atoms with Gasteiger partial charge in [0.15, 0.2) is 0 Å². The van der Waals surface area contributed by atoms with Gasteiger partial charge in [0.2, 0.25) is 5.91 Å². The van der Waals surface area contributed by atoms with E-state index in [-0.39, 0.29) is 47.4 Å². The molecule has 1 N–H and O–H groups in total. The van der Waals surface area contributed by atoms with Gasteiger partial charge in [0.1, 0.15) is 23.3 Å². The van der Waals surface area contributed by atoms with Crippen LogP contribution in [0.4, 0.5) is 25.8 Å². The summed E-state index contributed by atoms with van der Waals surface area (Å²) < 4.78 is 28.4. The van der Waals surface area contributed by atoms with Gasteiger partial charge in [-0.1, -0.05) is 24.3 Å². The second-order valence-corrected chi connectivity index (χ2v) is 9.69. The number of nitro groups is 1. The number of likely N-dealkylation sites (tertiary alicyclic amines) is 1. The van der Waals surface area contributed by atoms with Crippen LogP contribution in [0, 0.1) is 21.7 Å². The van der Waals surface area contributed by atoms with Crippen molar-refractivity contribution >= 4 is 34.8 Å². The molecule has 2 amide bonds. The third-order valence-corrected chi connectivity index (χ3v) is 7.03. The maximum absolute atomic E-state index is 14.8. The Morgan fingerprint density at radius 1 is 1.07 bits per heavy atom. The highest BCUT2D eigenvalue weighted by molar-refractivity contribution is 6.06. The van der Waals surface area contributed by atoms with E-state index in [4.69, 9.17) is 0 Å². The van der Waals surface area contributed by atoms with E-state index >= 15 is 0 Å². The SMILES string of the molecule is CC(=O)Nc1ccccc1C1CCN(C(=C=O)CCN(C(=O)c2cccc([N+](=O)[O-])c2)c2ccc(F)cc2F)CC1. The Hall–Kier alpha value is -4.89. The van der Waals surface area contributed by atoms with Crippen molar-refractivity contribution in [2.75, 3.05) is 29.9 Å². The van der Waals surface area contributed by atoms with Crippen LogP contribution in [0.2, 0.25) is 0 Å². The summed E-state index contributed by atoms with van der Waals surface area (Å²) in [6.07, 6.45) is 1.42. The maximum Gasteiger partial charge on any atom is 0.270 e. The van der Waals surface area contributed by atoms with Crippen LogP contribution in [-0.4, -0.2) is 47.2 Å². The van der Waals surface area contributed by atoms with Gasteiger partial charge in [-0.3, -0.25) is 19.7 Å². The first-order valence-corrected chi connectivity index (χ1v) is 13.0. The van der Waals surface area contributed by atoms with Gasteiger partial charge in [-0.25, -0.2) is 13.6 Å². The lowest BCUT2D eigenvalue weighted by atomic mass is 9.88. The summed E-state index contributed by atoms with van der Waals surface area (Å²) in [5, 5.41) is 14.1. The van der Waals surface area contributed by atoms with Crippen molar-refractivity contribution in [2.24, 2.45) is 0 Å². The van der Waals surface area contributed by atoms with Crippen LogP contribution in [0.3, 0.4) is 0 Å². The number of carbonyl (C=O) groups is 2. The second-order valence-electron chi connectivity index (χ2n) is 9.69. The zero-order chi connectivity index (χ0) is 29.5. The number of para-hydroxylation sites is 1. The first kappa shape index (κ1) is 29.1. The Morgan fingerprint density at radius 2 is 1.80 bits per heavy atom. The lowest BCUT2D eigenvalue weighted by Crippen LogP contribution is -2.37. The quantitative estimate of drug-likeness (QED) is 0.210. The van der Waals surface area contributed by atoms with Crippen molar-refractivity contribution in [3.8, 4) is 0 Å². The molecule has 0 aromatic heterocycles. The van der Waals surface area contributed by atoms with Crippen LogP contribution in [0.15, 0.2) is 72.4 Å². The summed E-state index contributed by atoms with van der Waals surface area (Å²) in [6, 6.07) is 15.4. The highest BCUT2D eigenvalue weighted by atomic mass is 19.1. The zero-order valence-corrected chi connectivity index (χ0v) is 22.3. The summed E-state index contributed by atoms with van der Waals surface area (Å²) >= 11 is 0. The molecule has 0 saturated carbocycles. The van der Waals surface area contributed by atoms with Crippen LogP contribution in [0.25, 0.3) is 0 Å². The number of hydrogen-bond acceptors (Lipinski definition) is 6. The van der Waals surface area contributed by atoms with Gasteiger partial charge in [0.05, 0.1) is 10.6 Å². The van der Waals surface area contributed by atoms with Crippen molar-refractivity contribution < 1.29 is 28.1 Å². The molecular formula is C30H28F2N4O5. The van der Waals surface area contributed by atoms with Gasteiger partial charge in [-0.15, -0.1) is 0 Å². The monoisotopic (exact) mass is 562 g/mol. The molecule has 41 heavy (non-hydrogen) atoms. The van der Waals surface area contributed by atoms with E-state index in [1.807, 2.05) is 35.1 Å². The lowest BCUT2D eigenvalue weighted by Gasteiger charge is -2.35. The molecule has 4 rings (SSSR count). The molecule has 1 aliphatic rings. The number of anilines is 2. The largest absolute Gasteiger partial charge is 0.366 e. The Balaban J connectivity index is 1.51. The van der Waals surface area contributed by atoms with Crippen LogP contribution < -0.4 is 10.2 Å². The first-order chi connectivity index (χ1) is 19.7. The van der Waals surface area contributed by atoms with E-state index in [1.165, 1.54) is 25.1 Å². The fourth-order valence-corrected chi connectivity index (χ4v) is 5.05. The minimum atomic E-state index is -0.987. The van der Waals surface area contributed by atoms with Crippen LogP contribution >= 0.6 is 0 Å². The first-order valence-electron chi connectivity index (χ1n) is 13.0. The van der Waals surface area contributed by atoms with Crippen LogP contribution in [0.5, 0.6) is 0 Å². The van der Waals surface area contributed by atoms with Gasteiger partial charge in [0, 0.05) is 62.4 Å². The fourth-order valence-electron chi connectivity index (χ4n) is 5.05. The Labute approximate surface area is 235 Å². The Bertz CT molecular complexity index is 1510. The topological polar surface area (TPSA) is 113 Å². The number of rotatable bonds is 9. The molecule has 0 atom stereocenters. The standard InChI is InChI=1S/C30H28F2N4O5/c1-20(38)33-28-8-3-2-7-26(28)21-11-14-34(15-12-21)25(19-37)13-16-35(29-10-9-23(31)18-27(29)32)30(39)22-5-4-6-24(17-22)36(40)41/h2-10,17-18,21H,11-16H2,1H3,(H,33,38). The smallest absolute Gasteiger partial charge is 0.270 e. The minimum absolute atomic E-state index is 0.0220. The molecule has 9 nitrogen and oxygen atoms in total. The van der Waals surface area contributed by atoms with Crippen molar-refractivity contribution in [1.82, 2.24) is 4.90 Å². The molecule has 0 aliphatic carbocycles. The number of halogens is 2. The number of nitrogens with one attached hydrogen (secondary N) is 1. The highest BCUT2D eigenvalue weighted by Crippen LogP contribution is 2.34. The predicted molar refractivity (Wildman–Crippen MR) is 149 cm³/mol. The number of carbonyl (C=O) groups excluding carboxylic acids is 3.